The van der Waals surface area contributed by atoms with Crippen molar-refractivity contribution < 1.29 is 14.0 Å². The number of hydrogen-bond acceptors (Lipinski definition) is 5. The summed E-state index contributed by atoms with van der Waals surface area (Å²) in [6.45, 7) is 1.01. The summed E-state index contributed by atoms with van der Waals surface area (Å²) in [4.78, 5) is 0. The molecule has 18 heavy (non-hydrogen) atoms. The highest BCUT2D eigenvalue weighted by atomic mass is 16.5. The van der Waals surface area contributed by atoms with Gasteiger partial charge in [0.15, 0.2) is 11.5 Å². The van der Waals surface area contributed by atoms with Gasteiger partial charge in [-0.2, -0.15) is 0 Å². The van der Waals surface area contributed by atoms with E-state index in [2.05, 4.69) is 5.16 Å². The number of aromatic nitrogens is 1. The number of methoxy groups -OCH3 is 1. The molecule has 0 atom stereocenters. The predicted octanol–water partition coefficient (Wildman–Crippen LogP) is 1.76. The van der Waals surface area contributed by atoms with Crippen LogP contribution in [0, 0.1) is 0 Å². The molecule has 0 amide bonds. The van der Waals surface area contributed by atoms with Crippen LogP contribution in [0.15, 0.2) is 35.2 Å². The zero-order chi connectivity index (χ0) is 12.8. The monoisotopic (exact) mass is 248 g/mol. The molecule has 0 bridgehead atoms. The normalized spacial score (nSPS) is 10.3. The minimum Gasteiger partial charge on any atom is -0.493 e. The summed E-state index contributed by atoms with van der Waals surface area (Å²) in [5, 5.41) is 3.62. The third kappa shape index (κ3) is 3.01. The van der Waals surface area contributed by atoms with E-state index in [-0.39, 0.29) is 0 Å². The van der Waals surface area contributed by atoms with E-state index in [0.29, 0.717) is 24.7 Å². The first-order chi connectivity index (χ1) is 8.83. The van der Waals surface area contributed by atoms with Gasteiger partial charge in [-0.15, -0.1) is 0 Å². The molecule has 2 N–H and O–H groups in total. The molecule has 0 aliphatic carbocycles. The van der Waals surface area contributed by atoms with Gasteiger partial charge < -0.3 is 19.7 Å². The van der Waals surface area contributed by atoms with E-state index in [1.165, 1.54) is 0 Å². The second kappa shape index (κ2) is 6.07. The summed E-state index contributed by atoms with van der Waals surface area (Å²) in [5.41, 5.74) is 7.53. The Balaban J connectivity index is 2.07. The smallest absolute Gasteiger partial charge is 0.161 e. The van der Waals surface area contributed by atoms with Crippen LogP contribution < -0.4 is 15.2 Å². The summed E-state index contributed by atoms with van der Waals surface area (Å²) >= 11 is 0. The molecule has 5 nitrogen and oxygen atoms in total. The van der Waals surface area contributed by atoms with Crippen LogP contribution in [0.5, 0.6) is 11.5 Å². The van der Waals surface area contributed by atoms with E-state index in [0.717, 1.165) is 17.5 Å². The van der Waals surface area contributed by atoms with Crippen LogP contribution in [0.4, 0.5) is 0 Å². The number of benzene rings is 1. The molecule has 2 rings (SSSR count). The molecule has 5 heteroatoms. The zero-order valence-electron chi connectivity index (χ0n) is 10.3. The molecule has 2 aromatic rings. The average molecular weight is 248 g/mol. The second-order valence-corrected chi connectivity index (χ2v) is 3.85. The minimum atomic E-state index is 0.399. The van der Waals surface area contributed by atoms with Gasteiger partial charge in [0.05, 0.1) is 13.3 Å². The van der Waals surface area contributed by atoms with E-state index >= 15 is 0 Å². The lowest BCUT2D eigenvalue weighted by molar-refractivity contribution is 0.283. The third-order valence-electron chi connectivity index (χ3n) is 2.54. The average Bonchev–Trinajstić information content (AvgIpc) is 2.90. The van der Waals surface area contributed by atoms with E-state index in [1.54, 1.807) is 19.6 Å². The fourth-order valence-corrected chi connectivity index (χ4v) is 1.61. The van der Waals surface area contributed by atoms with Crippen LogP contribution in [0.25, 0.3) is 0 Å². The van der Waals surface area contributed by atoms with Crippen molar-refractivity contribution in [1.82, 2.24) is 5.16 Å². The predicted molar refractivity (Wildman–Crippen MR) is 66.6 cm³/mol. The van der Waals surface area contributed by atoms with Crippen molar-refractivity contribution in [1.29, 1.82) is 0 Å². The van der Waals surface area contributed by atoms with Crippen molar-refractivity contribution in [3.63, 3.8) is 0 Å². The van der Waals surface area contributed by atoms with Gasteiger partial charge >= 0.3 is 0 Å². The molecule has 0 unspecified atom stereocenters. The van der Waals surface area contributed by atoms with Gasteiger partial charge in [0, 0.05) is 5.56 Å². The summed E-state index contributed by atoms with van der Waals surface area (Å²) < 4.78 is 15.7. The lowest BCUT2D eigenvalue weighted by atomic mass is 10.1. The van der Waals surface area contributed by atoms with E-state index in [9.17, 15) is 0 Å². The van der Waals surface area contributed by atoms with Crippen molar-refractivity contribution in [2.24, 2.45) is 5.73 Å². The Hall–Kier alpha value is -2.01. The van der Waals surface area contributed by atoms with Crippen molar-refractivity contribution >= 4 is 0 Å². The zero-order valence-corrected chi connectivity index (χ0v) is 10.3. The van der Waals surface area contributed by atoms with Gasteiger partial charge in [-0.1, -0.05) is 11.2 Å². The highest BCUT2D eigenvalue weighted by Gasteiger charge is 2.06. The molecule has 0 saturated heterocycles. The van der Waals surface area contributed by atoms with Crippen molar-refractivity contribution in [2.75, 3.05) is 13.7 Å². The van der Waals surface area contributed by atoms with Crippen LogP contribution in [0.1, 0.15) is 11.1 Å². The Kier molecular flexibility index (Phi) is 4.20. The fourth-order valence-electron chi connectivity index (χ4n) is 1.61. The standard InChI is InChI=1S/C13H16N2O3/c1-16-13-6-10(4-5-14)2-3-12(13)17-8-11-7-15-18-9-11/h2-3,6-7,9H,4-5,8,14H2,1H3. The van der Waals surface area contributed by atoms with Crippen molar-refractivity contribution in [2.45, 2.75) is 13.0 Å². The van der Waals surface area contributed by atoms with Gasteiger partial charge in [0.2, 0.25) is 0 Å². The van der Waals surface area contributed by atoms with Crippen LogP contribution in [0.3, 0.4) is 0 Å². The number of ether oxygens (including phenoxy) is 2. The van der Waals surface area contributed by atoms with E-state index in [4.69, 9.17) is 19.7 Å². The van der Waals surface area contributed by atoms with Crippen LogP contribution in [0.2, 0.25) is 0 Å². The summed E-state index contributed by atoms with van der Waals surface area (Å²) in [7, 11) is 1.62. The maximum atomic E-state index is 5.65. The highest BCUT2D eigenvalue weighted by Crippen LogP contribution is 2.28. The molecule has 0 aliphatic rings. The Morgan fingerprint density at radius 2 is 2.17 bits per heavy atom. The summed E-state index contributed by atoms with van der Waals surface area (Å²) in [6, 6.07) is 5.81. The van der Waals surface area contributed by atoms with E-state index in [1.807, 2.05) is 18.2 Å². The summed E-state index contributed by atoms with van der Waals surface area (Å²) in [5.74, 6) is 1.40. The molecule has 0 fully saturated rings. The maximum Gasteiger partial charge on any atom is 0.161 e. The van der Waals surface area contributed by atoms with Gasteiger partial charge in [0.1, 0.15) is 12.9 Å². The quantitative estimate of drug-likeness (QED) is 0.843. The Morgan fingerprint density at radius 3 is 2.83 bits per heavy atom. The van der Waals surface area contributed by atoms with Gasteiger partial charge in [-0.3, -0.25) is 0 Å². The highest BCUT2D eigenvalue weighted by molar-refractivity contribution is 5.43. The largest absolute Gasteiger partial charge is 0.493 e. The third-order valence-corrected chi connectivity index (χ3v) is 2.54. The topological polar surface area (TPSA) is 70.5 Å². The molecule has 0 aliphatic heterocycles. The van der Waals surface area contributed by atoms with Crippen molar-refractivity contribution in [3.8, 4) is 11.5 Å². The van der Waals surface area contributed by atoms with Crippen LogP contribution in [-0.4, -0.2) is 18.8 Å². The molecular formula is C13H16N2O3. The number of hydrogen-bond donors (Lipinski definition) is 1. The Labute approximate surface area is 105 Å². The van der Waals surface area contributed by atoms with Crippen LogP contribution >= 0.6 is 0 Å². The Morgan fingerprint density at radius 1 is 1.28 bits per heavy atom. The first kappa shape index (κ1) is 12.4. The first-order valence-corrected chi connectivity index (χ1v) is 5.71. The maximum absolute atomic E-state index is 5.65. The first-order valence-electron chi connectivity index (χ1n) is 5.71. The molecule has 0 saturated carbocycles. The molecular weight excluding hydrogens is 232 g/mol. The molecule has 1 heterocycles. The van der Waals surface area contributed by atoms with Crippen molar-refractivity contribution in [3.05, 3.63) is 41.8 Å². The molecule has 1 aromatic heterocycles. The Bertz CT molecular complexity index is 483. The number of nitrogens with zero attached hydrogens (tertiary/aromatic N) is 1. The summed E-state index contributed by atoms with van der Waals surface area (Å²) in [6.07, 6.45) is 3.99. The molecule has 96 valence electrons. The number of nitrogens with two attached hydrogens (primary N) is 1. The van der Waals surface area contributed by atoms with Crippen LogP contribution in [-0.2, 0) is 13.0 Å². The van der Waals surface area contributed by atoms with Gasteiger partial charge in [-0.25, -0.2) is 0 Å². The molecule has 0 radical (unpaired) electrons. The number of rotatable bonds is 6. The van der Waals surface area contributed by atoms with Gasteiger partial charge in [0.25, 0.3) is 0 Å². The minimum absolute atomic E-state index is 0.399. The molecule has 1 aromatic carbocycles. The second-order valence-electron chi connectivity index (χ2n) is 3.85. The molecule has 0 spiro atoms. The lowest BCUT2D eigenvalue weighted by Crippen LogP contribution is -2.03. The SMILES string of the molecule is COc1cc(CCN)ccc1OCc1cnoc1. The van der Waals surface area contributed by atoms with E-state index < -0.39 is 0 Å². The van der Waals surface area contributed by atoms with Gasteiger partial charge in [-0.05, 0) is 30.7 Å². The lowest BCUT2D eigenvalue weighted by Gasteiger charge is -2.11. The fraction of sp³-hybridized carbons (Fsp3) is 0.308.